The Labute approximate surface area is 112 Å². The molecule has 0 amide bonds. The fraction of sp³-hybridized carbons (Fsp3) is 0.400. The van der Waals surface area contributed by atoms with Crippen LogP contribution >= 0.6 is 0 Å². The highest BCUT2D eigenvalue weighted by Crippen LogP contribution is 2.41. The first-order valence-electron chi connectivity index (χ1n) is 6.72. The van der Waals surface area contributed by atoms with Crippen molar-refractivity contribution in [2.45, 2.75) is 38.5 Å². The lowest BCUT2D eigenvalue weighted by atomic mass is 10.0. The van der Waals surface area contributed by atoms with Crippen LogP contribution in [0.1, 0.15) is 60.3 Å². The summed E-state index contributed by atoms with van der Waals surface area (Å²) in [5.74, 6) is 0.957. The van der Waals surface area contributed by atoms with E-state index in [1.807, 2.05) is 16.8 Å². The molecule has 0 aliphatic heterocycles. The first-order valence-corrected chi connectivity index (χ1v) is 6.72. The normalized spacial score (nSPS) is 14.9. The maximum Gasteiger partial charge on any atom is 0.172 e. The first kappa shape index (κ1) is 12.1. The number of nitrogens with zero attached hydrogens (tertiary/aromatic N) is 3. The molecule has 1 aromatic heterocycles. The van der Waals surface area contributed by atoms with E-state index in [2.05, 4.69) is 36.3 Å². The number of carbonyl (C=O) groups is 1. The molecule has 0 spiro atoms. The molecule has 1 fully saturated rings. The van der Waals surface area contributed by atoms with Gasteiger partial charge < -0.3 is 0 Å². The summed E-state index contributed by atoms with van der Waals surface area (Å²) in [6.07, 6.45) is 3.05. The second kappa shape index (κ2) is 4.61. The zero-order valence-electron chi connectivity index (χ0n) is 11.2. The Morgan fingerprint density at radius 3 is 2.47 bits per heavy atom. The molecule has 4 nitrogen and oxygen atoms in total. The lowest BCUT2D eigenvalue weighted by Gasteiger charge is -2.08. The fourth-order valence-electron chi connectivity index (χ4n) is 2.31. The van der Waals surface area contributed by atoms with Crippen LogP contribution < -0.4 is 0 Å². The van der Waals surface area contributed by atoms with Crippen molar-refractivity contribution in [2.75, 3.05) is 0 Å². The van der Waals surface area contributed by atoms with Crippen molar-refractivity contribution in [1.29, 1.82) is 0 Å². The van der Waals surface area contributed by atoms with E-state index in [4.69, 9.17) is 0 Å². The van der Waals surface area contributed by atoms with Gasteiger partial charge in [0.15, 0.2) is 6.29 Å². The van der Waals surface area contributed by atoms with Crippen LogP contribution in [0.4, 0.5) is 0 Å². The van der Waals surface area contributed by atoms with Crippen LogP contribution in [-0.2, 0) is 0 Å². The molecular weight excluding hydrogens is 238 g/mol. The van der Waals surface area contributed by atoms with Gasteiger partial charge in [-0.15, -0.1) is 5.10 Å². The minimum Gasteiger partial charge on any atom is -0.296 e. The maximum absolute atomic E-state index is 11.0. The molecule has 98 valence electrons. The van der Waals surface area contributed by atoms with Gasteiger partial charge in [-0.25, -0.2) is 4.68 Å². The summed E-state index contributed by atoms with van der Waals surface area (Å²) in [5, 5.41) is 8.10. The smallest absolute Gasteiger partial charge is 0.172 e. The molecule has 2 aromatic rings. The molecule has 0 bridgehead atoms. The highest BCUT2D eigenvalue weighted by molar-refractivity contribution is 5.74. The standard InChI is InChI=1S/C15H17N3O/c1-10(2)11-5-7-13(8-6-11)18-15(12-3-4-12)14(9-19)16-17-18/h5-10,12H,3-4H2,1-2H3. The predicted octanol–water partition coefficient (Wildman–Crippen LogP) is 3.08. The van der Waals surface area contributed by atoms with Crippen molar-refractivity contribution in [2.24, 2.45) is 0 Å². The Bertz CT molecular complexity index is 594. The number of aldehydes is 1. The molecule has 3 rings (SSSR count). The maximum atomic E-state index is 11.0. The van der Waals surface area contributed by atoms with Gasteiger partial charge in [0.1, 0.15) is 5.69 Å². The Kier molecular flexibility index (Phi) is 2.93. The van der Waals surface area contributed by atoms with Crippen LogP contribution in [0.15, 0.2) is 24.3 Å². The lowest BCUT2D eigenvalue weighted by molar-refractivity contribution is 0.111. The Hall–Kier alpha value is -1.97. The largest absolute Gasteiger partial charge is 0.296 e. The van der Waals surface area contributed by atoms with Gasteiger partial charge in [0.25, 0.3) is 0 Å². The minimum atomic E-state index is 0.444. The molecule has 1 aliphatic carbocycles. The quantitative estimate of drug-likeness (QED) is 0.789. The molecule has 0 atom stereocenters. The summed E-state index contributed by atoms with van der Waals surface area (Å²) in [4.78, 5) is 11.0. The topological polar surface area (TPSA) is 47.8 Å². The number of carbonyl (C=O) groups excluding carboxylic acids is 1. The first-order chi connectivity index (χ1) is 9.20. The lowest BCUT2D eigenvalue weighted by Crippen LogP contribution is -2.02. The van der Waals surface area contributed by atoms with E-state index in [9.17, 15) is 4.79 Å². The third kappa shape index (κ3) is 2.18. The molecule has 1 saturated carbocycles. The number of rotatable bonds is 4. The molecule has 0 saturated heterocycles. The van der Waals surface area contributed by atoms with Crippen LogP contribution in [-0.4, -0.2) is 21.3 Å². The molecule has 1 aromatic carbocycles. The van der Waals surface area contributed by atoms with Crippen LogP contribution in [0.2, 0.25) is 0 Å². The van der Waals surface area contributed by atoms with Crippen molar-refractivity contribution >= 4 is 6.29 Å². The summed E-state index contributed by atoms with van der Waals surface area (Å²) in [6.45, 7) is 4.34. The molecule has 0 unspecified atom stereocenters. The van der Waals surface area contributed by atoms with Crippen molar-refractivity contribution in [3.05, 3.63) is 41.2 Å². The van der Waals surface area contributed by atoms with Gasteiger partial charge in [-0.05, 0) is 36.5 Å². The van der Waals surface area contributed by atoms with Crippen LogP contribution in [0.3, 0.4) is 0 Å². The van der Waals surface area contributed by atoms with E-state index in [0.717, 1.165) is 30.5 Å². The Morgan fingerprint density at radius 2 is 1.95 bits per heavy atom. The summed E-state index contributed by atoms with van der Waals surface area (Å²) in [7, 11) is 0. The zero-order chi connectivity index (χ0) is 13.4. The van der Waals surface area contributed by atoms with Crippen molar-refractivity contribution in [1.82, 2.24) is 15.0 Å². The van der Waals surface area contributed by atoms with E-state index in [-0.39, 0.29) is 0 Å². The highest BCUT2D eigenvalue weighted by atomic mass is 16.1. The Morgan fingerprint density at radius 1 is 1.26 bits per heavy atom. The zero-order valence-corrected chi connectivity index (χ0v) is 11.2. The summed E-state index contributed by atoms with van der Waals surface area (Å²) >= 11 is 0. The van der Waals surface area contributed by atoms with Gasteiger partial charge in [-0.1, -0.05) is 31.2 Å². The van der Waals surface area contributed by atoms with Gasteiger partial charge in [-0.2, -0.15) is 0 Å². The second-order valence-corrected chi connectivity index (χ2v) is 5.41. The van der Waals surface area contributed by atoms with Crippen LogP contribution in [0.25, 0.3) is 5.69 Å². The molecule has 1 heterocycles. The van der Waals surface area contributed by atoms with Crippen molar-refractivity contribution in [3.63, 3.8) is 0 Å². The number of benzene rings is 1. The monoisotopic (exact) mass is 255 g/mol. The second-order valence-electron chi connectivity index (χ2n) is 5.41. The summed E-state index contributed by atoms with van der Waals surface area (Å²) in [5.41, 5.74) is 3.72. The molecular formula is C15H17N3O. The minimum absolute atomic E-state index is 0.444. The summed E-state index contributed by atoms with van der Waals surface area (Å²) < 4.78 is 1.81. The van der Waals surface area contributed by atoms with E-state index >= 15 is 0 Å². The SMILES string of the molecule is CC(C)c1ccc(-n2nnc(C=O)c2C2CC2)cc1. The molecule has 19 heavy (non-hydrogen) atoms. The van der Waals surface area contributed by atoms with Gasteiger partial charge in [0, 0.05) is 5.92 Å². The van der Waals surface area contributed by atoms with Crippen molar-refractivity contribution in [3.8, 4) is 5.69 Å². The van der Waals surface area contributed by atoms with Crippen LogP contribution in [0, 0.1) is 0 Å². The average Bonchev–Trinajstić information content (AvgIpc) is 3.17. The van der Waals surface area contributed by atoms with Crippen molar-refractivity contribution < 1.29 is 4.79 Å². The van der Waals surface area contributed by atoms with E-state index < -0.39 is 0 Å². The third-order valence-corrected chi connectivity index (χ3v) is 3.61. The molecule has 0 N–H and O–H groups in total. The summed E-state index contributed by atoms with van der Waals surface area (Å²) in [6, 6.07) is 8.31. The average molecular weight is 255 g/mol. The van der Waals surface area contributed by atoms with Gasteiger partial charge in [0.2, 0.25) is 0 Å². The van der Waals surface area contributed by atoms with Crippen LogP contribution in [0.5, 0.6) is 0 Å². The number of hydrogen-bond acceptors (Lipinski definition) is 3. The number of hydrogen-bond donors (Lipinski definition) is 0. The van der Waals surface area contributed by atoms with Gasteiger partial charge in [-0.3, -0.25) is 4.79 Å². The van der Waals surface area contributed by atoms with Gasteiger partial charge >= 0.3 is 0 Å². The molecule has 1 aliphatic rings. The predicted molar refractivity (Wildman–Crippen MR) is 72.8 cm³/mol. The van der Waals surface area contributed by atoms with Gasteiger partial charge in [0.05, 0.1) is 11.4 Å². The van der Waals surface area contributed by atoms with E-state index in [0.29, 0.717) is 17.5 Å². The van der Waals surface area contributed by atoms with E-state index in [1.54, 1.807) is 0 Å². The number of aromatic nitrogens is 3. The molecule has 0 radical (unpaired) electrons. The third-order valence-electron chi connectivity index (χ3n) is 3.61. The Balaban J connectivity index is 2.01. The highest BCUT2D eigenvalue weighted by Gasteiger charge is 2.31. The van der Waals surface area contributed by atoms with E-state index in [1.165, 1.54) is 5.56 Å². The fourth-order valence-corrected chi connectivity index (χ4v) is 2.31. The molecule has 4 heteroatoms.